The van der Waals surface area contributed by atoms with E-state index in [1.807, 2.05) is 18.2 Å². The summed E-state index contributed by atoms with van der Waals surface area (Å²) in [5.74, 6) is -0.442. The van der Waals surface area contributed by atoms with E-state index in [1.165, 1.54) is 24.1 Å². The van der Waals surface area contributed by atoms with Crippen LogP contribution in [0, 0.1) is 0 Å². The average Bonchev–Trinajstić information content (AvgIpc) is 2.91. The van der Waals surface area contributed by atoms with Crippen LogP contribution >= 0.6 is 0 Å². The summed E-state index contributed by atoms with van der Waals surface area (Å²) in [4.78, 5) is 48.6. The van der Waals surface area contributed by atoms with Crippen LogP contribution in [0.25, 0.3) is 10.8 Å². The molecule has 3 aromatic rings. The number of amides is 3. The lowest BCUT2D eigenvalue weighted by atomic mass is 10.0. The van der Waals surface area contributed by atoms with Gasteiger partial charge in [-0.2, -0.15) is 5.06 Å². The van der Waals surface area contributed by atoms with E-state index in [0.29, 0.717) is 13.0 Å². The molecule has 2 aliphatic rings. The maximum Gasteiger partial charge on any atom is 0.435 e. The van der Waals surface area contributed by atoms with Crippen LogP contribution in [0.1, 0.15) is 18.1 Å². The second-order valence-electron chi connectivity index (χ2n) is 9.34. The van der Waals surface area contributed by atoms with Crippen LogP contribution in [0.4, 0.5) is 4.79 Å². The molecule has 3 amide bonds. The first kappa shape index (κ1) is 24.6. The van der Waals surface area contributed by atoms with Crippen LogP contribution in [0.3, 0.4) is 0 Å². The zero-order valence-corrected chi connectivity index (χ0v) is 20.7. The van der Waals surface area contributed by atoms with Gasteiger partial charge in [-0.1, -0.05) is 54.6 Å². The number of benzene rings is 3. The SMILES string of the molecule is COC(=O)N1O[C@@H](Cc2ccc(O)cc2)C(=O)N2[C@@H]1CN(CCc1cccc3ccccc13)C(=O)[C@@H]2C. The summed E-state index contributed by atoms with van der Waals surface area (Å²) in [6.07, 6.45) is -1.77. The fourth-order valence-corrected chi connectivity index (χ4v) is 5.15. The third-order valence-corrected chi connectivity index (χ3v) is 7.08. The van der Waals surface area contributed by atoms with Gasteiger partial charge >= 0.3 is 6.09 Å². The molecule has 2 fully saturated rings. The zero-order valence-electron chi connectivity index (χ0n) is 20.7. The average molecular weight is 504 g/mol. The third-order valence-electron chi connectivity index (χ3n) is 7.08. The number of aromatic hydroxyl groups is 1. The number of hydroxylamine groups is 2. The van der Waals surface area contributed by atoms with Gasteiger partial charge in [-0.15, -0.1) is 0 Å². The van der Waals surface area contributed by atoms with Crippen molar-refractivity contribution in [2.45, 2.75) is 38.1 Å². The van der Waals surface area contributed by atoms with Gasteiger partial charge < -0.3 is 19.6 Å². The van der Waals surface area contributed by atoms with Crippen LogP contribution in [0.2, 0.25) is 0 Å². The summed E-state index contributed by atoms with van der Waals surface area (Å²) in [5, 5.41) is 12.9. The van der Waals surface area contributed by atoms with Crippen molar-refractivity contribution in [1.82, 2.24) is 14.9 Å². The molecule has 0 bridgehead atoms. The Morgan fingerprint density at radius 1 is 1.03 bits per heavy atom. The molecule has 0 spiro atoms. The van der Waals surface area contributed by atoms with Gasteiger partial charge in [-0.25, -0.2) is 4.79 Å². The largest absolute Gasteiger partial charge is 0.508 e. The highest BCUT2D eigenvalue weighted by atomic mass is 16.7. The number of hydrogen-bond donors (Lipinski definition) is 1. The summed E-state index contributed by atoms with van der Waals surface area (Å²) in [7, 11) is 1.25. The van der Waals surface area contributed by atoms with E-state index in [4.69, 9.17) is 9.57 Å². The second-order valence-corrected chi connectivity index (χ2v) is 9.34. The highest BCUT2D eigenvalue weighted by molar-refractivity contribution is 5.92. The van der Waals surface area contributed by atoms with Gasteiger partial charge in [0, 0.05) is 13.0 Å². The molecule has 9 nitrogen and oxygen atoms in total. The minimum Gasteiger partial charge on any atom is -0.508 e. The molecule has 9 heteroatoms. The summed E-state index contributed by atoms with van der Waals surface area (Å²) in [6.45, 7) is 2.22. The lowest BCUT2D eigenvalue weighted by molar-refractivity contribution is -0.264. The molecular weight excluding hydrogens is 474 g/mol. The summed E-state index contributed by atoms with van der Waals surface area (Å²) < 4.78 is 4.95. The van der Waals surface area contributed by atoms with Gasteiger partial charge in [-0.3, -0.25) is 14.4 Å². The number of methoxy groups -OCH3 is 1. The van der Waals surface area contributed by atoms with Crippen LogP contribution < -0.4 is 0 Å². The first-order valence-electron chi connectivity index (χ1n) is 12.3. The minimum atomic E-state index is -1.02. The zero-order chi connectivity index (χ0) is 26.1. The smallest absolute Gasteiger partial charge is 0.435 e. The van der Waals surface area contributed by atoms with Crippen molar-refractivity contribution in [2.75, 3.05) is 20.2 Å². The molecule has 2 aliphatic heterocycles. The Balaban J connectivity index is 1.37. The number of rotatable bonds is 5. The molecule has 2 saturated heterocycles. The fraction of sp³-hybridized carbons (Fsp3) is 0.321. The first-order valence-corrected chi connectivity index (χ1v) is 12.3. The minimum absolute atomic E-state index is 0.106. The number of piperazine rings is 1. The lowest BCUT2D eigenvalue weighted by Crippen LogP contribution is -2.73. The number of ether oxygens (including phenoxy) is 1. The van der Waals surface area contributed by atoms with Crippen molar-refractivity contribution < 1.29 is 29.1 Å². The van der Waals surface area contributed by atoms with Gasteiger partial charge in [0.2, 0.25) is 5.91 Å². The van der Waals surface area contributed by atoms with E-state index in [-0.39, 0.29) is 30.5 Å². The molecule has 2 heterocycles. The van der Waals surface area contributed by atoms with Crippen LogP contribution in [-0.4, -0.2) is 76.4 Å². The normalized spacial score (nSPS) is 21.8. The number of nitrogens with zero attached hydrogens (tertiary/aromatic N) is 3. The van der Waals surface area contributed by atoms with Crippen LogP contribution in [0.5, 0.6) is 5.75 Å². The summed E-state index contributed by atoms with van der Waals surface area (Å²) in [5.41, 5.74) is 1.86. The number of fused-ring (bicyclic) bond motifs is 2. The summed E-state index contributed by atoms with van der Waals surface area (Å²) in [6, 6.07) is 19.8. The molecule has 0 aliphatic carbocycles. The number of phenolic OH excluding ortho intramolecular Hbond substituents is 1. The van der Waals surface area contributed by atoms with E-state index >= 15 is 0 Å². The molecule has 0 radical (unpaired) electrons. The Morgan fingerprint density at radius 3 is 2.51 bits per heavy atom. The van der Waals surface area contributed by atoms with Crippen molar-refractivity contribution in [2.24, 2.45) is 0 Å². The highest BCUT2D eigenvalue weighted by Crippen LogP contribution is 2.30. The van der Waals surface area contributed by atoms with Crippen molar-refractivity contribution in [3.63, 3.8) is 0 Å². The molecular formula is C28H29N3O6. The molecule has 3 aromatic carbocycles. The predicted octanol–water partition coefficient (Wildman–Crippen LogP) is 3.10. The Bertz CT molecular complexity index is 1320. The van der Waals surface area contributed by atoms with Gasteiger partial charge in [0.05, 0.1) is 13.7 Å². The molecule has 0 aromatic heterocycles. The maximum atomic E-state index is 13.5. The Kier molecular flexibility index (Phi) is 6.71. The van der Waals surface area contributed by atoms with E-state index in [9.17, 15) is 19.5 Å². The Hall–Kier alpha value is -4.11. The summed E-state index contributed by atoms with van der Waals surface area (Å²) >= 11 is 0. The molecule has 3 atom stereocenters. The number of phenols is 1. The maximum absolute atomic E-state index is 13.5. The quantitative estimate of drug-likeness (QED) is 0.575. The van der Waals surface area contributed by atoms with E-state index in [2.05, 4.69) is 24.3 Å². The monoisotopic (exact) mass is 503 g/mol. The van der Waals surface area contributed by atoms with Gasteiger partial charge in [0.1, 0.15) is 11.8 Å². The van der Waals surface area contributed by atoms with E-state index in [0.717, 1.165) is 27.0 Å². The molecule has 192 valence electrons. The van der Waals surface area contributed by atoms with Crippen LogP contribution in [0.15, 0.2) is 66.7 Å². The fourth-order valence-electron chi connectivity index (χ4n) is 5.15. The van der Waals surface area contributed by atoms with E-state index in [1.54, 1.807) is 24.0 Å². The Labute approximate surface area is 214 Å². The molecule has 0 unspecified atom stereocenters. The van der Waals surface area contributed by atoms with Crippen molar-refractivity contribution in [3.05, 3.63) is 77.9 Å². The van der Waals surface area contributed by atoms with Crippen molar-refractivity contribution in [1.29, 1.82) is 0 Å². The van der Waals surface area contributed by atoms with Crippen LogP contribution in [-0.2, 0) is 32.0 Å². The number of carbonyl (C=O) groups is 3. The Morgan fingerprint density at radius 2 is 1.76 bits per heavy atom. The molecule has 0 saturated carbocycles. The highest BCUT2D eigenvalue weighted by Gasteiger charge is 2.51. The topological polar surface area (TPSA) is 99.6 Å². The molecule has 5 rings (SSSR count). The van der Waals surface area contributed by atoms with Gasteiger partial charge in [0.25, 0.3) is 5.91 Å². The third kappa shape index (κ3) is 4.70. The van der Waals surface area contributed by atoms with Gasteiger partial charge in [0.15, 0.2) is 12.3 Å². The standard InChI is InChI=1S/C28H29N3O6/c1-18-26(33)29(15-14-21-8-5-7-20-6-3-4-9-23(20)21)17-25-30(18)27(34)24(37-31(25)28(35)36-2)16-19-10-12-22(32)13-11-19/h3-13,18,24-25,32H,14-17H2,1-2H3/t18-,24-,25-/m0/s1. The molecule has 37 heavy (non-hydrogen) atoms. The predicted molar refractivity (Wildman–Crippen MR) is 135 cm³/mol. The van der Waals surface area contributed by atoms with E-state index < -0.39 is 24.4 Å². The lowest BCUT2D eigenvalue weighted by Gasteiger charge is -2.51. The number of hydrogen-bond acceptors (Lipinski definition) is 6. The molecule has 1 N–H and O–H groups in total. The first-order chi connectivity index (χ1) is 17.9. The second kappa shape index (κ2) is 10.1. The van der Waals surface area contributed by atoms with Crippen molar-refractivity contribution >= 4 is 28.7 Å². The number of carbonyl (C=O) groups excluding carboxylic acids is 3. The van der Waals surface area contributed by atoms with Crippen molar-refractivity contribution in [3.8, 4) is 5.75 Å². The van der Waals surface area contributed by atoms with Gasteiger partial charge in [-0.05, 0) is 47.4 Å².